The van der Waals surface area contributed by atoms with Crippen LogP contribution in [0.15, 0.2) is 30.3 Å². The van der Waals surface area contributed by atoms with E-state index in [-0.39, 0.29) is 12.4 Å². The predicted octanol–water partition coefficient (Wildman–Crippen LogP) is 6.81. The predicted molar refractivity (Wildman–Crippen MR) is 123 cm³/mol. The van der Waals surface area contributed by atoms with Gasteiger partial charge in [0.2, 0.25) is 0 Å². The van der Waals surface area contributed by atoms with Crippen LogP contribution in [0, 0.1) is 0 Å². The second-order valence-corrected chi connectivity index (χ2v) is 8.18. The van der Waals surface area contributed by atoms with Crippen LogP contribution in [-0.4, -0.2) is 23.1 Å². The van der Waals surface area contributed by atoms with E-state index in [9.17, 15) is 5.11 Å². The lowest BCUT2D eigenvalue weighted by atomic mass is 9.85. The van der Waals surface area contributed by atoms with Gasteiger partial charge in [-0.05, 0) is 60.4 Å². The molecule has 0 bridgehead atoms. The van der Waals surface area contributed by atoms with Gasteiger partial charge in [-0.25, -0.2) is 0 Å². The first-order valence-electron chi connectivity index (χ1n) is 11.2. The Balaban J connectivity index is 0.00000280. The molecule has 1 N–H and O–H groups in total. The Morgan fingerprint density at radius 1 is 0.893 bits per heavy atom. The minimum Gasteiger partial charge on any atom is -0.374 e. The fourth-order valence-corrected chi connectivity index (χ4v) is 4.56. The number of rotatable bonds is 10. The first-order chi connectivity index (χ1) is 13.3. The molecule has 0 radical (unpaired) electrons. The summed E-state index contributed by atoms with van der Waals surface area (Å²) in [7, 11) is 0. The third kappa shape index (κ3) is 5.49. The molecule has 0 saturated heterocycles. The van der Waals surface area contributed by atoms with Crippen LogP contribution >= 0.6 is 12.4 Å². The molecule has 0 fully saturated rings. The number of hydrogen-bond acceptors (Lipinski definition) is 2. The number of aliphatic hydroxyl groups excluding tert-OH is 1. The van der Waals surface area contributed by atoms with Gasteiger partial charge in [-0.2, -0.15) is 0 Å². The number of aliphatic hydroxyl groups is 1. The Bertz CT molecular complexity index is 720. The molecule has 2 aromatic carbocycles. The van der Waals surface area contributed by atoms with E-state index in [1.54, 1.807) is 0 Å². The van der Waals surface area contributed by atoms with Gasteiger partial charge in [0.25, 0.3) is 0 Å². The van der Waals surface area contributed by atoms with Crippen LogP contribution in [0.25, 0.3) is 10.8 Å². The summed E-state index contributed by atoms with van der Waals surface area (Å²) in [4.78, 5) is 2.32. The zero-order valence-electron chi connectivity index (χ0n) is 17.8. The van der Waals surface area contributed by atoms with Crippen molar-refractivity contribution in [1.82, 2.24) is 4.90 Å². The highest BCUT2D eigenvalue weighted by molar-refractivity contribution is 5.90. The molecule has 2 aromatic rings. The Hall–Kier alpha value is -1.09. The number of hydrogen-bond donors (Lipinski definition) is 1. The van der Waals surface area contributed by atoms with E-state index in [2.05, 4.69) is 49.1 Å². The maximum Gasteiger partial charge on any atom is 0.134 e. The summed E-state index contributed by atoms with van der Waals surface area (Å²) in [5, 5.41) is 14.0. The molecule has 0 amide bonds. The number of halogens is 1. The van der Waals surface area contributed by atoms with E-state index in [0.717, 1.165) is 25.1 Å². The third-order valence-corrected chi connectivity index (χ3v) is 6.13. The van der Waals surface area contributed by atoms with Crippen molar-refractivity contribution in [2.24, 2.45) is 0 Å². The average Bonchev–Trinajstić information content (AvgIpc) is 2.72. The molecule has 0 saturated carbocycles. The van der Waals surface area contributed by atoms with E-state index < -0.39 is 6.23 Å². The average molecular weight is 404 g/mol. The van der Waals surface area contributed by atoms with Crippen molar-refractivity contribution in [2.75, 3.05) is 13.1 Å². The number of unbranched alkanes of at least 4 members (excludes halogenated alkanes) is 4. The summed E-state index contributed by atoms with van der Waals surface area (Å²) in [6.07, 6.45) is 11.7. The van der Waals surface area contributed by atoms with E-state index >= 15 is 0 Å². The van der Waals surface area contributed by atoms with Crippen LogP contribution < -0.4 is 0 Å². The Labute approximate surface area is 177 Å². The molecular weight excluding hydrogens is 366 g/mol. The van der Waals surface area contributed by atoms with Crippen LogP contribution in [0.1, 0.15) is 88.1 Å². The highest BCUT2D eigenvalue weighted by Crippen LogP contribution is 2.35. The van der Waals surface area contributed by atoms with Gasteiger partial charge in [0.1, 0.15) is 6.23 Å². The fourth-order valence-electron chi connectivity index (χ4n) is 4.56. The number of benzene rings is 2. The molecule has 0 heterocycles. The van der Waals surface area contributed by atoms with E-state index in [1.807, 2.05) is 0 Å². The van der Waals surface area contributed by atoms with Crippen LogP contribution in [0.5, 0.6) is 0 Å². The highest BCUT2D eigenvalue weighted by atomic mass is 35.5. The Morgan fingerprint density at radius 3 is 2.14 bits per heavy atom. The summed E-state index contributed by atoms with van der Waals surface area (Å²) in [5.74, 6) is 0. The molecule has 28 heavy (non-hydrogen) atoms. The van der Waals surface area contributed by atoms with Crippen molar-refractivity contribution >= 4 is 23.2 Å². The summed E-state index contributed by atoms with van der Waals surface area (Å²) in [5.41, 5.74) is 4.12. The lowest BCUT2D eigenvalue weighted by Gasteiger charge is -2.30. The van der Waals surface area contributed by atoms with Gasteiger partial charge < -0.3 is 5.11 Å². The van der Waals surface area contributed by atoms with Crippen LogP contribution in [0.3, 0.4) is 0 Å². The lowest BCUT2D eigenvalue weighted by Crippen LogP contribution is -2.31. The molecule has 0 spiro atoms. The van der Waals surface area contributed by atoms with Gasteiger partial charge in [0.05, 0.1) is 0 Å². The van der Waals surface area contributed by atoms with Gasteiger partial charge in [-0.3, -0.25) is 4.90 Å². The van der Waals surface area contributed by atoms with Gasteiger partial charge in [0, 0.05) is 18.7 Å². The molecular formula is C25H38ClNO. The van der Waals surface area contributed by atoms with Crippen molar-refractivity contribution in [2.45, 2.75) is 84.3 Å². The van der Waals surface area contributed by atoms with Crippen LogP contribution in [-0.2, 0) is 12.8 Å². The standard InChI is InChI=1S/C25H37NO.ClH/c1-3-5-11-17-26(18-12-6-4-2)25(27)24-19-20-13-7-8-14-21(20)22-15-9-10-16-23(22)24;/h9-10,15-16,19,25,27H,3-8,11-14,17-18H2,1-2H3;1H. The van der Waals surface area contributed by atoms with Gasteiger partial charge >= 0.3 is 0 Å². The largest absolute Gasteiger partial charge is 0.374 e. The van der Waals surface area contributed by atoms with Crippen molar-refractivity contribution in [3.8, 4) is 0 Å². The Kier molecular flexibility index (Phi) is 9.77. The van der Waals surface area contributed by atoms with E-state index in [4.69, 9.17) is 0 Å². The number of nitrogens with zero attached hydrogens (tertiary/aromatic N) is 1. The highest BCUT2D eigenvalue weighted by Gasteiger charge is 2.22. The molecule has 1 atom stereocenters. The van der Waals surface area contributed by atoms with Crippen molar-refractivity contribution in [3.63, 3.8) is 0 Å². The molecule has 0 aromatic heterocycles. The van der Waals surface area contributed by atoms with Gasteiger partial charge in [-0.1, -0.05) is 69.9 Å². The minimum absolute atomic E-state index is 0. The van der Waals surface area contributed by atoms with E-state index in [1.165, 1.54) is 79.7 Å². The summed E-state index contributed by atoms with van der Waals surface area (Å²) < 4.78 is 0. The molecule has 1 aliphatic rings. The third-order valence-electron chi connectivity index (χ3n) is 6.13. The minimum atomic E-state index is -0.490. The van der Waals surface area contributed by atoms with Crippen molar-refractivity contribution in [3.05, 3.63) is 47.0 Å². The fraction of sp³-hybridized carbons (Fsp3) is 0.600. The van der Waals surface area contributed by atoms with Crippen molar-refractivity contribution in [1.29, 1.82) is 0 Å². The molecule has 1 aliphatic carbocycles. The van der Waals surface area contributed by atoms with Gasteiger partial charge in [-0.15, -0.1) is 12.4 Å². The Morgan fingerprint density at radius 2 is 1.50 bits per heavy atom. The molecule has 1 unspecified atom stereocenters. The second-order valence-electron chi connectivity index (χ2n) is 8.18. The molecule has 156 valence electrons. The quantitative estimate of drug-likeness (QED) is 0.347. The molecule has 2 nitrogen and oxygen atoms in total. The maximum atomic E-state index is 11.4. The maximum absolute atomic E-state index is 11.4. The zero-order valence-corrected chi connectivity index (χ0v) is 18.6. The summed E-state index contributed by atoms with van der Waals surface area (Å²) >= 11 is 0. The first kappa shape index (κ1) is 23.2. The molecule has 3 heteroatoms. The van der Waals surface area contributed by atoms with Gasteiger partial charge in [0.15, 0.2) is 0 Å². The smallest absolute Gasteiger partial charge is 0.134 e. The van der Waals surface area contributed by atoms with Crippen LogP contribution in [0.2, 0.25) is 0 Å². The normalized spacial score (nSPS) is 14.7. The number of aryl methyl sites for hydroxylation is 2. The molecule has 0 aliphatic heterocycles. The van der Waals surface area contributed by atoms with E-state index in [0.29, 0.717) is 0 Å². The lowest BCUT2D eigenvalue weighted by molar-refractivity contribution is 0.000505. The zero-order chi connectivity index (χ0) is 19.1. The summed E-state index contributed by atoms with van der Waals surface area (Å²) in [6.45, 7) is 6.47. The van der Waals surface area contributed by atoms with Crippen molar-refractivity contribution < 1.29 is 5.11 Å². The topological polar surface area (TPSA) is 23.5 Å². The SMILES string of the molecule is CCCCCN(CCCCC)C(O)c1cc2c(c3ccccc13)CCCC2.Cl. The first-order valence-corrected chi connectivity index (χ1v) is 11.2. The number of fused-ring (bicyclic) bond motifs is 3. The summed E-state index contributed by atoms with van der Waals surface area (Å²) in [6, 6.07) is 11.1. The molecule has 3 rings (SSSR count). The van der Waals surface area contributed by atoms with Crippen LogP contribution in [0.4, 0.5) is 0 Å². The second kappa shape index (κ2) is 11.8. The monoisotopic (exact) mass is 403 g/mol.